The second kappa shape index (κ2) is 12.8. The van der Waals surface area contributed by atoms with E-state index in [9.17, 15) is 14.7 Å². The monoisotopic (exact) mass is 669 g/mol. The number of anilines is 3. The van der Waals surface area contributed by atoms with Gasteiger partial charge in [0.15, 0.2) is 5.60 Å². The van der Waals surface area contributed by atoms with Crippen molar-refractivity contribution in [2.75, 3.05) is 29.7 Å². The van der Waals surface area contributed by atoms with Crippen molar-refractivity contribution in [2.24, 2.45) is 5.92 Å². The van der Waals surface area contributed by atoms with E-state index in [0.717, 1.165) is 22.6 Å². The van der Waals surface area contributed by atoms with Gasteiger partial charge < -0.3 is 30.5 Å². The molecule has 4 aromatic rings. The van der Waals surface area contributed by atoms with Crippen LogP contribution in [-0.4, -0.2) is 44.8 Å². The maximum absolute atomic E-state index is 14.8. The van der Waals surface area contributed by atoms with E-state index >= 15 is 0 Å². The Morgan fingerprint density at radius 3 is 2.36 bits per heavy atom. The molecule has 1 fully saturated rings. The van der Waals surface area contributed by atoms with Crippen LogP contribution in [0.4, 0.5) is 17.1 Å². The Balaban J connectivity index is 1.30. The van der Waals surface area contributed by atoms with E-state index in [1.165, 1.54) is 5.19 Å². The highest BCUT2D eigenvalue weighted by Crippen LogP contribution is 2.60. The minimum absolute atomic E-state index is 0.0303. The summed E-state index contributed by atoms with van der Waals surface area (Å²) >= 11 is 6.58. The van der Waals surface area contributed by atoms with E-state index in [2.05, 4.69) is 37.5 Å². The molecular weight excluding hydrogens is 630 g/mol. The molecule has 0 aliphatic carbocycles. The van der Waals surface area contributed by atoms with Crippen LogP contribution < -0.4 is 25.9 Å². The number of halogens is 1. The maximum atomic E-state index is 14.8. The van der Waals surface area contributed by atoms with Gasteiger partial charge in [0.25, 0.3) is 11.8 Å². The molecule has 2 heterocycles. The lowest BCUT2D eigenvalue weighted by Crippen LogP contribution is -2.51. The van der Waals surface area contributed by atoms with E-state index < -0.39 is 13.7 Å². The van der Waals surface area contributed by atoms with Crippen molar-refractivity contribution in [1.82, 2.24) is 0 Å². The van der Waals surface area contributed by atoms with Crippen LogP contribution in [0.3, 0.4) is 0 Å². The zero-order valence-electron chi connectivity index (χ0n) is 27.0. The zero-order valence-corrected chi connectivity index (χ0v) is 28.8. The number of hydrogen-bond acceptors (Lipinski definition) is 6. The molecule has 47 heavy (non-hydrogen) atoms. The molecule has 4 atom stereocenters. The molecule has 2 aliphatic heterocycles. The van der Waals surface area contributed by atoms with Gasteiger partial charge in [0, 0.05) is 40.0 Å². The fourth-order valence-corrected chi connectivity index (χ4v) is 11.8. The van der Waals surface area contributed by atoms with Gasteiger partial charge in [-0.15, -0.1) is 0 Å². The number of hydrogen-bond donors (Lipinski definition) is 3. The van der Waals surface area contributed by atoms with Crippen molar-refractivity contribution in [3.8, 4) is 5.75 Å². The summed E-state index contributed by atoms with van der Waals surface area (Å²) in [5.41, 5.74) is 8.69. The summed E-state index contributed by atoms with van der Waals surface area (Å²) in [4.78, 5) is 29.3. The highest BCUT2D eigenvalue weighted by atomic mass is 35.5. The first-order chi connectivity index (χ1) is 22.5. The number of aliphatic hydroxyl groups excluding tert-OH is 1. The number of rotatable bonds is 9. The smallest absolute Gasteiger partial charge is 0.264 e. The SMILES string of the molecule is COc1ccc([Si](C)(C)[C@H]2[C@H](CCO)O[C@@]3(C(=O)N(Cc4ccc(NC(=O)c5ccc(N)cc5)cc4)c4ccc(Cl)cc43)[C@@H]2C)cc1. The molecule has 2 aliphatic rings. The highest BCUT2D eigenvalue weighted by Gasteiger charge is 2.66. The number of nitrogens with one attached hydrogen (secondary N) is 1. The maximum Gasteiger partial charge on any atom is 0.264 e. The van der Waals surface area contributed by atoms with Crippen LogP contribution in [0.25, 0.3) is 0 Å². The first kappa shape index (κ1) is 32.8. The Morgan fingerprint density at radius 2 is 1.72 bits per heavy atom. The Bertz CT molecular complexity index is 1780. The minimum atomic E-state index is -2.28. The Kier molecular flexibility index (Phi) is 8.93. The quantitative estimate of drug-likeness (QED) is 0.142. The number of carbonyl (C=O) groups excluding carboxylic acids is 2. The summed E-state index contributed by atoms with van der Waals surface area (Å²) < 4.78 is 12.4. The molecule has 2 amide bonds. The third kappa shape index (κ3) is 5.82. The van der Waals surface area contributed by atoms with Crippen molar-refractivity contribution < 1.29 is 24.2 Å². The molecule has 4 N–H and O–H groups in total. The average molecular weight is 670 g/mol. The summed E-state index contributed by atoms with van der Waals surface area (Å²) in [6, 6.07) is 28.0. The van der Waals surface area contributed by atoms with Gasteiger partial charge in [0.1, 0.15) is 5.75 Å². The van der Waals surface area contributed by atoms with E-state index in [-0.39, 0.29) is 36.0 Å². The number of ether oxygens (including phenoxy) is 2. The molecule has 4 aromatic carbocycles. The third-order valence-corrected chi connectivity index (χ3v) is 14.5. The van der Waals surface area contributed by atoms with Crippen molar-refractivity contribution in [2.45, 2.75) is 50.2 Å². The molecule has 1 saturated heterocycles. The topological polar surface area (TPSA) is 114 Å². The lowest BCUT2D eigenvalue weighted by Gasteiger charge is -2.37. The molecule has 0 unspecified atom stereocenters. The zero-order chi connectivity index (χ0) is 33.5. The van der Waals surface area contributed by atoms with Gasteiger partial charge in [-0.05, 0) is 84.3 Å². The number of carbonyl (C=O) groups is 2. The molecule has 1 spiro atoms. The van der Waals surface area contributed by atoms with E-state index in [1.54, 1.807) is 42.3 Å². The number of aliphatic hydroxyl groups is 1. The first-order valence-electron chi connectivity index (χ1n) is 15.8. The lowest BCUT2D eigenvalue weighted by molar-refractivity contribution is -0.146. The Morgan fingerprint density at radius 1 is 1.04 bits per heavy atom. The minimum Gasteiger partial charge on any atom is -0.497 e. The molecule has 244 valence electrons. The van der Waals surface area contributed by atoms with Crippen LogP contribution in [0.1, 0.15) is 34.8 Å². The number of methoxy groups -OCH3 is 1. The number of amides is 2. The van der Waals surface area contributed by atoms with E-state index in [4.69, 9.17) is 26.8 Å². The average Bonchev–Trinajstić information content (AvgIpc) is 3.48. The van der Waals surface area contributed by atoms with Gasteiger partial charge in [-0.3, -0.25) is 9.59 Å². The Hall–Kier alpha value is -4.15. The lowest BCUT2D eigenvalue weighted by atomic mass is 9.82. The number of nitrogen functional groups attached to an aromatic ring is 1. The van der Waals surface area contributed by atoms with Crippen LogP contribution in [0.2, 0.25) is 23.7 Å². The number of nitrogens with zero attached hydrogens (tertiary/aromatic N) is 1. The van der Waals surface area contributed by atoms with E-state index in [1.807, 2.05) is 48.5 Å². The van der Waals surface area contributed by atoms with Gasteiger partial charge >= 0.3 is 0 Å². The largest absolute Gasteiger partial charge is 0.497 e. The van der Waals surface area contributed by atoms with Crippen LogP contribution >= 0.6 is 11.6 Å². The standard InChI is InChI=1S/C37H40ClN3O5Si/c1-23-34(47(3,4)30-16-14-29(45-2)15-17-30)33(19-20-42)46-37(23)31-21-26(38)9-18-32(31)41(36(37)44)22-24-5-12-28(13-6-24)40-35(43)25-7-10-27(39)11-8-25/h5-18,21,23,33-34,42H,19-20,22,39H2,1-4H3,(H,40,43)/t23-,33+,34-,37+/m1/s1. The molecule has 0 saturated carbocycles. The third-order valence-electron chi connectivity index (χ3n) is 9.94. The van der Waals surface area contributed by atoms with Crippen LogP contribution in [0.15, 0.2) is 91.0 Å². The second-order valence-corrected chi connectivity index (χ2v) is 18.1. The summed E-state index contributed by atoms with van der Waals surface area (Å²) in [7, 11) is -0.629. The molecule has 10 heteroatoms. The van der Waals surface area contributed by atoms with Gasteiger partial charge in [-0.1, -0.05) is 61.1 Å². The van der Waals surface area contributed by atoms with Gasteiger partial charge in [0.05, 0.1) is 33.5 Å². The summed E-state index contributed by atoms with van der Waals surface area (Å²) in [5.74, 6) is 0.233. The van der Waals surface area contributed by atoms with Gasteiger partial charge in [0.2, 0.25) is 0 Å². The molecule has 8 nitrogen and oxygen atoms in total. The van der Waals surface area contributed by atoms with Crippen molar-refractivity contribution in [1.29, 1.82) is 0 Å². The second-order valence-electron chi connectivity index (χ2n) is 13.0. The summed E-state index contributed by atoms with van der Waals surface area (Å²) in [5, 5.41) is 14.8. The van der Waals surface area contributed by atoms with Crippen LogP contribution in [0.5, 0.6) is 5.75 Å². The van der Waals surface area contributed by atoms with Crippen LogP contribution in [0, 0.1) is 5.92 Å². The van der Waals surface area contributed by atoms with E-state index in [0.29, 0.717) is 34.9 Å². The van der Waals surface area contributed by atoms with Gasteiger partial charge in [-0.25, -0.2) is 0 Å². The normalized spacial score (nSPS) is 22.0. The first-order valence-corrected chi connectivity index (χ1v) is 19.3. The van der Waals surface area contributed by atoms with Crippen molar-refractivity contribution >= 4 is 53.7 Å². The van der Waals surface area contributed by atoms with Crippen molar-refractivity contribution in [3.63, 3.8) is 0 Å². The number of fused-ring (bicyclic) bond motifs is 2. The predicted molar refractivity (Wildman–Crippen MR) is 189 cm³/mol. The number of nitrogens with two attached hydrogens (primary N) is 1. The molecule has 0 radical (unpaired) electrons. The highest BCUT2D eigenvalue weighted by molar-refractivity contribution is 6.91. The summed E-state index contributed by atoms with van der Waals surface area (Å²) in [6.45, 7) is 7.01. The predicted octanol–water partition coefficient (Wildman–Crippen LogP) is 6.33. The molecule has 0 bridgehead atoms. The molecular formula is C37H40ClN3O5Si. The summed E-state index contributed by atoms with van der Waals surface area (Å²) in [6.07, 6.45) is 0.106. The molecule has 0 aromatic heterocycles. The number of benzene rings is 4. The van der Waals surface area contributed by atoms with Crippen molar-refractivity contribution in [3.05, 3.63) is 113 Å². The van der Waals surface area contributed by atoms with Crippen LogP contribution in [-0.2, 0) is 21.7 Å². The fourth-order valence-electron chi connectivity index (χ4n) is 7.55. The Labute approximate surface area is 281 Å². The van der Waals surface area contributed by atoms with Gasteiger partial charge in [-0.2, -0.15) is 0 Å². The fraction of sp³-hybridized carbons (Fsp3) is 0.297. The molecule has 6 rings (SSSR count).